The van der Waals surface area contributed by atoms with Crippen molar-refractivity contribution < 1.29 is 19.5 Å². The molecular formula is C19H19N3Zn+2. The second kappa shape index (κ2) is 9.29. The molecule has 2 aromatic heterocycles. The topological polar surface area (TPSA) is 29.0 Å². The number of pyridine rings is 2. The van der Waals surface area contributed by atoms with Crippen LogP contribution in [0.3, 0.4) is 0 Å². The first-order chi connectivity index (χ1) is 10.9. The third kappa shape index (κ3) is 5.66. The molecule has 110 valence electrons. The van der Waals surface area contributed by atoms with E-state index in [0.29, 0.717) is 0 Å². The van der Waals surface area contributed by atoms with Gasteiger partial charge in [0.1, 0.15) is 0 Å². The zero-order valence-corrected chi connectivity index (χ0v) is 16.1. The number of hydrogen-bond donors (Lipinski definition) is 0. The van der Waals surface area contributed by atoms with Crippen molar-refractivity contribution in [3.8, 4) is 0 Å². The van der Waals surface area contributed by atoms with E-state index in [1.165, 1.54) is 5.56 Å². The second-order valence-corrected chi connectivity index (χ2v) is 5.27. The number of rotatable bonds is 6. The molecular weight excluding hydrogens is 336 g/mol. The summed E-state index contributed by atoms with van der Waals surface area (Å²) in [6, 6.07) is 22.6. The van der Waals surface area contributed by atoms with Crippen molar-refractivity contribution in [2.45, 2.75) is 19.6 Å². The van der Waals surface area contributed by atoms with Crippen LogP contribution >= 0.6 is 0 Å². The molecule has 3 rings (SSSR count). The minimum atomic E-state index is 0. The summed E-state index contributed by atoms with van der Waals surface area (Å²) in [4.78, 5) is 11.2. The van der Waals surface area contributed by atoms with Crippen LogP contribution in [0.1, 0.15) is 17.0 Å². The van der Waals surface area contributed by atoms with Crippen molar-refractivity contribution >= 4 is 0 Å². The Bertz CT molecular complexity index is 576. The standard InChI is InChI=1S/C19H19N3.Zn/c1-2-8-17(9-3-1)14-22(15-18-10-4-6-12-20-18)16-19-11-5-7-13-21-19;/h1-13H,14-16H2;/q;+2. The summed E-state index contributed by atoms with van der Waals surface area (Å²) in [5.41, 5.74) is 3.46. The monoisotopic (exact) mass is 353 g/mol. The summed E-state index contributed by atoms with van der Waals surface area (Å²) in [6.45, 7) is 2.51. The quantitative estimate of drug-likeness (QED) is 0.632. The molecule has 1 aromatic carbocycles. The number of nitrogens with zero attached hydrogens (tertiary/aromatic N) is 3. The molecule has 0 saturated carbocycles. The number of benzene rings is 1. The first kappa shape index (κ1) is 17.5. The zero-order valence-electron chi connectivity index (χ0n) is 13.2. The molecule has 3 aromatic rings. The normalized spacial score (nSPS) is 10.3. The SMILES string of the molecule is [Zn+2].c1ccc(CN(Cc2ccccn2)Cc2ccccn2)cc1. The summed E-state index contributed by atoms with van der Waals surface area (Å²) in [5.74, 6) is 0. The van der Waals surface area contributed by atoms with Crippen molar-refractivity contribution in [1.82, 2.24) is 14.9 Å². The molecule has 0 unspecified atom stereocenters. The molecule has 0 N–H and O–H groups in total. The van der Waals surface area contributed by atoms with Crippen LogP contribution in [0.15, 0.2) is 79.1 Å². The van der Waals surface area contributed by atoms with Gasteiger partial charge in [0.2, 0.25) is 0 Å². The fourth-order valence-corrected chi connectivity index (χ4v) is 2.45. The summed E-state index contributed by atoms with van der Waals surface area (Å²) in [6.07, 6.45) is 3.69. The summed E-state index contributed by atoms with van der Waals surface area (Å²) in [5, 5.41) is 0. The number of aromatic nitrogens is 2. The van der Waals surface area contributed by atoms with Gasteiger partial charge in [0.25, 0.3) is 0 Å². The van der Waals surface area contributed by atoms with E-state index in [1.54, 1.807) is 0 Å². The number of hydrogen-bond acceptors (Lipinski definition) is 3. The van der Waals surface area contributed by atoms with Crippen molar-refractivity contribution in [1.29, 1.82) is 0 Å². The predicted octanol–water partition coefficient (Wildman–Crippen LogP) is 3.68. The Morgan fingerprint density at radius 1 is 0.609 bits per heavy atom. The van der Waals surface area contributed by atoms with Crippen LogP contribution in [0.5, 0.6) is 0 Å². The van der Waals surface area contributed by atoms with Gasteiger partial charge in [-0.3, -0.25) is 14.9 Å². The molecule has 0 amide bonds. The van der Waals surface area contributed by atoms with Gasteiger partial charge in [0, 0.05) is 32.0 Å². The van der Waals surface area contributed by atoms with E-state index in [2.05, 4.69) is 51.3 Å². The molecule has 0 aliphatic rings. The maximum atomic E-state index is 4.44. The third-order valence-corrected chi connectivity index (χ3v) is 3.47. The molecule has 3 nitrogen and oxygen atoms in total. The molecule has 0 aliphatic heterocycles. The van der Waals surface area contributed by atoms with E-state index >= 15 is 0 Å². The molecule has 4 heteroatoms. The van der Waals surface area contributed by atoms with Crippen LogP contribution in [0.25, 0.3) is 0 Å². The molecule has 0 atom stereocenters. The van der Waals surface area contributed by atoms with Crippen LogP contribution in [-0.4, -0.2) is 14.9 Å². The first-order valence-electron chi connectivity index (χ1n) is 7.46. The van der Waals surface area contributed by atoms with E-state index in [1.807, 2.05) is 42.7 Å². The smallest absolute Gasteiger partial charge is 0.287 e. The van der Waals surface area contributed by atoms with Gasteiger partial charge in [-0.15, -0.1) is 0 Å². The largest absolute Gasteiger partial charge is 2.00 e. The van der Waals surface area contributed by atoms with E-state index in [4.69, 9.17) is 0 Å². The van der Waals surface area contributed by atoms with E-state index in [9.17, 15) is 0 Å². The van der Waals surface area contributed by atoms with Gasteiger partial charge in [-0.25, -0.2) is 0 Å². The molecule has 0 spiro atoms. The first-order valence-corrected chi connectivity index (χ1v) is 7.46. The van der Waals surface area contributed by atoms with Crippen LogP contribution < -0.4 is 0 Å². The fourth-order valence-electron chi connectivity index (χ4n) is 2.45. The fraction of sp³-hybridized carbons (Fsp3) is 0.158. The van der Waals surface area contributed by atoms with Crippen LogP contribution in [0.2, 0.25) is 0 Å². The van der Waals surface area contributed by atoms with Gasteiger partial charge in [0.15, 0.2) is 0 Å². The van der Waals surface area contributed by atoms with Gasteiger partial charge in [0.05, 0.1) is 11.4 Å². The maximum absolute atomic E-state index is 4.44. The van der Waals surface area contributed by atoms with Gasteiger partial charge in [-0.2, -0.15) is 0 Å². The molecule has 23 heavy (non-hydrogen) atoms. The van der Waals surface area contributed by atoms with Crippen LogP contribution in [0.4, 0.5) is 0 Å². The molecule has 2 heterocycles. The van der Waals surface area contributed by atoms with Crippen molar-refractivity contribution in [2.75, 3.05) is 0 Å². The Labute approximate surface area is 150 Å². The Morgan fingerprint density at radius 2 is 1.13 bits per heavy atom. The Morgan fingerprint density at radius 3 is 1.61 bits per heavy atom. The molecule has 0 saturated heterocycles. The summed E-state index contributed by atoms with van der Waals surface area (Å²) in [7, 11) is 0. The van der Waals surface area contributed by atoms with E-state index in [-0.39, 0.29) is 19.5 Å². The van der Waals surface area contributed by atoms with E-state index < -0.39 is 0 Å². The molecule has 0 aliphatic carbocycles. The van der Waals surface area contributed by atoms with Gasteiger partial charge >= 0.3 is 19.5 Å². The van der Waals surface area contributed by atoms with Crippen LogP contribution in [0, 0.1) is 0 Å². The Kier molecular flexibility index (Phi) is 7.05. The zero-order chi connectivity index (χ0) is 15.0. The van der Waals surface area contributed by atoms with Crippen molar-refractivity contribution in [3.63, 3.8) is 0 Å². The predicted molar refractivity (Wildman–Crippen MR) is 87.9 cm³/mol. The van der Waals surface area contributed by atoms with Crippen LogP contribution in [-0.2, 0) is 39.1 Å². The Hall–Kier alpha value is -1.90. The summed E-state index contributed by atoms with van der Waals surface area (Å²) < 4.78 is 0. The average Bonchev–Trinajstić information content (AvgIpc) is 2.57. The van der Waals surface area contributed by atoms with Crippen molar-refractivity contribution in [2.24, 2.45) is 0 Å². The second-order valence-electron chi connectivity index (χ2n) is 5.27. The van der Waals surface area contributed by atoms with Gasteiger partial charge in [-0.1, -0.05) is 42.5 Å². The minimum absolute atomic E-state index is 0. The average molecular weight is 355 g/mol. The molecule has 0 bridgehead atoms. The Balaban J connectivity index is 0.00000192. The van der Waals surface area contributed by atoms with Gasteiger partial charge < -0.3 is 0 Å². The van der Waals surface area contributed by atoms with Gasteiger partial charge in [-0.05, 0) is 29.8 Å². The maximum Gasteiger partial charge on any atom is 2.00 e. The van der Waals surface area contributed by atoms with Crippen molar-refractivity contribution in [3.05, 3.63) is 96.1 Å². The molecule has 0 radical (unpaired) electrons. The van der Waals surface area contributed by atoms with E-state index in [0.717, 1.165) is 31.0 Å². The summed E-state index contributed by atoms with van der Waals surface area (Å²) >= 11 is 0. The minimum Gasteiger partial charge on any atom is -0.287 e. The third-order valence-electron chi connectivity index (χ3n) is 3.47. The molecule has 0 fully saturated rings.